The Bertz CT molecular complexity index is 654. The van der Waals surface area contributed by atoms with E-state index in [1.165, 1.54) is 0 Å². The van der Waals surface area contributed by atoms with E-state index in [2.05, 4.69) is 5.32 Å². The lowest BCUT2D eigenvalue weighted by molar-refractivity contribution is 0.220. The number of rotatable bonds is 5. The monoisotopic (exact) mass is 313 g/mol. The molecule has 0 radical (unpaired) electrons. The number of hydrogen-bond donors (Lipinski definition) is 1. The molecule has 5 heteroatoms. The molecule has 2 aromatic carbocycles. The maximum Gasteiger partial charge on any atom is 0.321 e. The van der Waals surface area contributed by atoms with Crippen molar-refractivity contribution in [1.29, 1.82) is 0 Å². The van der Waals surface area contributed by atoms with Gasteiger partial charge in [0, 0.05) is 45.1 Å². The Kier molecular flexibility index (Phi) is 5.46. The maximum atomic E-state index is 12.3. The van der Waals surface area contributed by atoms with E-state index in [-0.39, 0.29) is 6.03 Å². The zero-order valence-electron chi connectivity index (χ0n) is 14.0. The first-order chi connectivity index (χ1) is 11.0. The maximum absolute atomic E-state index is 12.3. The summed E-state index contributed by atoms with van der Waals surface area (Å²) in [5.41, 5.74) is 2.93. The number of anilines is 2. The minimum Gasteiger partial charge on any atom is -0.497 e. The van der Waals surface area contributed by atoms with Gasteiger partial charge in [0.25, 0.3) is 0 Å². The smallest absolute Gasteiger partial charge is 0.321 e. The van der Waals surface area contributed by atoms with Crippen LogP contribution in [0.25, 0.3) is 0 Å². The molecule has 0 unspecified atom stereocenters. The van der Waals surface area contributed by atoms with E-state index in [4.69, 9.17) is 4.74 Å². The molecule has 0 aliphatic rings. The molecule has 23 heavy (non-hydrogen) atoms. The van der Waals surface area contributed by atoms with Crippen LogP contribution >= 0.6 is 0 Å². The molecule has 5 nitrogen and oxygen atoms in total. The third-order valence-electron chi connectivity index (χ3n) is 3.54. The average Bonchev–Trinajstić information content (AvgIpc) is 2.55. The highest BCUT2D eigenvalue weighted by atomic mass is 16.5. The number of nitrogens with zero attached hydrogens (tertiary/aromatic N) is 2. The van der Waals surface area contributed by atoms with Crippen molar-refractivity contribution in [3.63, 3.8) is 0 Å². The molecule has 0 aliphatic carbocycles. The van der Waals surface area contributed by atoms with Crippen molar-refractivity contribution >= 4 is 17.4 Å². The number of methoxy groups -OCH3 is 1. The number of benzene rings is 2. The highest BCUT2D eigenvalue weighted by molar-refractivity contribution is 5.89. The topological polar surface area (TPSA) is 44.8 Å². The zero-order chi connectivity index (χ0) is 16.8. The lowest BCUT2D eigenvalue weighted by Gasteiger charge is -2.19. The Morgan fingerprint density at radius 2 is 1.78 bits per heavy atom. The molecular weight excluding hydrogens is 290 g/mol. The number of nitrogens with one attached hydrogen (secondary N) is 1. The van der Waals surface area contributed by atoms with Crippen LogP contribution in [0.15, 0.2) is 48.5 Å². The summed E-state index contributed by atoms with van der Waals surface area (Å²) in [4.78, 5) is 15.9. The zero-order valence-corrected chi connectivity index (χ0v) is 14.0. The summed E-state index contributed by atoms with van der Waals surface area (Å²) in [6.45, 7) is 0.545. The molecule has 0 spiro atoms. The van der Waals surface area contributed by atoms with Crippen LogP contribution in [-0.4, -0.2) is 39.2 Å². The number of ether oxygens (including phenoxy) is 1. The van der Waals surface area contributed by atoms with Gasteiger partial charge in [-0.1, -0.05) is 18.2 Å². The van der Waals surface area contributed by atoms with Gasteiger partial charge < -0.3 is 19.9 Å². The van der Waals surface area contributed by atoms with E-state index >= 15 is 0 Å². The highest BCUT2D eigenvalue weighted by Crippen LogP contribution is 2.18. The quantitative estimate of drug-likeness (QED) is 0.920. The van der Waals surface area contributed by atoms with Gasteiger partial charge >= 0.3 is 6.03 Å². The number of carbonyl (C=O) groups excluding carboxylic acids is 1. The molecule has 0 heterocycles. The van der Waals surface area contributed by atoms with E-state index in [1.807, 2.05) is 61.5 Å². The first-order valence-electron chi connectivity index (χ1n) is 7.42. The predicted molar refractivity (Wildman–Crippen MR) is 94.2 cm³/mol. The van der Waals surface area contributed by atoms with Gasteiger partial charge in [0.15, 0.2) is 0 Å². The fourth-order valence-electron chi connectivity index (χ4n) is 2.16. The minimum atomic E-state index is -0.157. The molecule has 1 N–H and O–H groups in total. The van der Waals surface area contributed by atoms with Crippen molar-refractivity contribution in [1.82, 2.24) is 4.90 Å². The van der Waals surface area contributed by atoms with Gasteiger partial charge in [0.05, 0.1) is 7.11 Å². The second-order valence-electron chi connectivity index (χ2n) is 5.58. The summed E-state index contributed by atoms with van der Waals surface area (Å²) in [5.74, 6) is 0.713. The SMILES string of the molecule is COc1cccc(NC(=O)N(C)Cc2ccc(N(C)C)cc2)c1. The number of urea groups is 1. The van der Waals surface area contributed by atoms with Gasteiger partial charge in [0.1, 0.15) is 5.75 Å². The molecule has 0 aliphatic heterocycles. The van der Waals surface area contributed by atoms with E-state index in [1.54, 1.807) is 25.1 Å². The molecule has 0 bridgehead atoms. The molecule has 2 rings (SSSR count). The molecule has 0 fully saturated rings. The number of amides is 2. The van der Waals surface area contributed by atoms with Crippen LogP contribution in [0, 0.1) is 0 Å². The standard InChI is InChI=1S/C18H23N3O2/c1-20(2)16-10-8-14(9-11-16)13-21(3)18(22)19-15-6-5-7-17(12-15)23-4/h5-12H,13H2,1-4H3,(H,19,22). The summed E-state index contributed by atoms with van der Waals surface area (Å²) < 4.78 is 5.15. The molecule has 0 aromatic heterocycles. The molecule has 2 aromatic rings. The Morgan fingerprint density at radius 1 is 1.09 bits per heavy atom. The fourth-order valence-corrected chi connectivity index (χ4v) is 2.16. The highest BCUT2D eigenvalue weighted by Gasteiger charge is 2.10. The van der Waals surface area contributed by atoms with Crippen LogP contribution in [0.5, 0.6) is 5.75 Å². The molecule has 0 atom stereocenters. The Hall–Kier alpha value is -2.69. The first-order valence-corrected chi connectivity index (χ1v) is 7.42. The number of carbonyl (C=O) groups is 1. The summed E-state index contributed by atoms with van der Waals surface area (Å²) in [6.07, 6.45) is 0. The van der Waals surface area contributed by atoms with Crippen molar-refractivity contribution in [3.05, 3.63) is 54.1 Å². The van der Waals surface area contributed by atoms with Gasteiger partial charge in [-0.3, -0.25) is 0 Å². The fraction of sp³-hybridized carbons (Fsp3) is 0.278. The Labute approximate surface area is 137 Å². The lowest BCUT2D eigenvalue weighted by Crippen LogP contribution is -2.30. The van der Waals surface area contributed by atoms with Crippen LogP contribution in [-0.2, 0) is 6.54 Å². The third-order valence-corrected chi connectivity index (χ3v) is 3.54. The van der Waals surface area contributed by atoms with E-state index in [9.17, 15) is 4.79 Å². The summed E-state index contributed by atoms with van der Waals surface area (Å²) >= 11 is 0. The van der Waals surface area contributed by atoms with E-state index in [0.29, 0.717) is 18.0 Å². The normalized spacial score (nSPS) is 10.1. The molecule has 2 amide bonds. The van der Waals surface area contributed by atoms with Gasteiger partial charge in [0.2, 0.25) is 0 Å². The van der Waals surface area contributed by atoms with Crippen LogP contribution in [0.2, 0.25) is 0 Å². The van der Waals surface area contributed by atoms with Crippen LogP contribution < -0.4 is 15.0 Å². The van der Waals surface area contributed by atoms with Gasteiger partial charge in [-0.15, -0.1) is 0 Å². The Balaban J connectivity index is 1.96. The van der Waals surface area contributed by atoms with E-state index in [0.717, 1.165) is 11.3 Å². The van der Waals surface area contributed by atoms with E-state index < -0.39 is 0 Å². The third kappa shape index (κ3) is 4.64. The summed E-state index contributed by atoms with van der Waals surface area (Å²) in [7, 11) is 7.38. The van der Waals surface area contributed by atoms with Crippen molar-refractivity contribution in [2.24, 2.45) is 0 Å². The Morgan fingerprint density at radius 3 is 2.39 bits per heavy atom. The molecule has 0 saturated carbocycles. The molecule has 0 saturated heterocycles. The van der Waals surface area contributed by atoms with Crippen molar-refractivity contribution in [2.75, 3.05) is 38.5 Å². The predicted octanol–water partition coefficient (Wildman–Crippen LogP) is 3.43. The largest absolute Gasteiger partial charge is 0.497 e. The van der Waals surface area contributed by atoms with Gasteiger partial charge in [-0.05, 0) is 29.8 Å². The second-order valence-corrected chi connectivity index (χ2v) is 5.58. The first kappa shape index (κ1) is 16.7. The van der Waals surface area contributed by atoms with Gasteiger partial charge in [-0.25, -0.2) is 4.79 Å². The van der Waals surface area contributed by atoms with Crippen molar-refractivity contribution in [2.45, 2.75) is 6.54 Å². The summed E-state index contributed by atoms with van der Waals surface area (Å²) in [5, 5.41) is 2.87. The van der Waals surface area contributed by atoms with Crippen LogP contribution in [0.1, 0.15) is 5.56 Å². The van der Waals surface area contributed by atoms with Crippen molar-refractivity contribution in [3.8, 4) is 5.75 Å². The summed E-state index contributed by atoms with van der Waals surface area (Å²) in [6, 6.07) is 15.3. The molecule has 122 valence electrons. The lowest BCUT2D eigenvalue weighted by atomic mass is 10.2. The van der Waals surface area contributed by atoms with Gasteiger partial charge in [-0.2, -0.15) is 0 Å². The minimum absolute atomic E-state index is 0.157. The van der Waals surface area contributed by atoms with Crippen LogP contribution in [0.3, 0.4) is 0 Å². The number of hydrogen-bond acceptors (Lipinski definition) is 3. The average molecular weight is 313 g/mol. The molecular formula is C18H23N3O2. The van der Waals surface area contributed by atoms with Crippen molar-refractivity contribution < 1.29 is 9.53 Å². The second kappa shape index (κ2) is 7.54. The van der Waals surface area contributed by atoms with Crippen LogP contribution in [0.4, 0.5) is 16.2 Å².